The summed E-state index contributed by atoms with van der Waals surface area (Å²) in [5, 5.41) is 9.16. The number of ketones is 1. The monoisotopic (exact) mass is 280 g/mol. The van der Waals surface area contributed by atoms with E-state index in [1.54, 1.807) is 30.3 Å². The summed E-state index contributed by atoms with van der Waals surface area (Å²) in [5.74, 6) is -0.621. The Labute approximate surface area is 121 Å². The molecule has 0 unspecified atom stereocenters. The molecule has 0 amide bonds. The van der Waals surface area contributed by atoms with Gasteiger partial charge < -0.3 is 9.84 Å². The van der Waals surface area contributed by atoms with Gasteiger partial charge >= 0.3 is 5.97 Å². The van der Waals surface area contributed by atoms with Crippen LogP contribution in [0.25, 0.3) is 6.08 Å². The van der Waals surface area contributed by atoms with Crippen LogP contribution in [0, 0.1) is 6.92 Å². The van der Waals surface area contributed by atoms with E-state index in [2.05, 4.69) is 0 Å². The number of benzene rings is 2. The molecule has 1 heterocycles. The number of hydrogen-bond acceptors (Lipinski definition) is 3. The lowest BCUT2D eigenvalue weighted by Crippen LogP contribution is -2.02. The molecule has 2 aromatic carbocycles. The summed E-state index contributed by atoms with van der Waals surface area (Å²) >= 11 is 0. The second kappa shape index (κ2) is 4.90. The van der Waals surface area contributed by atoms with Crippen LogP contribution >= 0.6 is 0 Å². The molecule has 0 saturated carbocycles. The zero-order chi connectivity index (χ0) is 15.0. The number of Topliss-reactive ketones (excluding diaryl/α,β-unsaturated/α-hetero) is 1. The molecule has 0 fully saturated rings. The lowest BCUT2D eigenvalue weighted by molar-refractivity contribution is 0.0696. The standard InChI is InChI=1S/C17H12O4/c1-10-6-7-14-13(8-10)16(18)15(21-14)9-11-4-2-3-5-12(11)17(19)20/h2-9H,1H3,(H,19,20)/b15-9-. The number of aromatic carboxylic acids is 1. The number of carbonyl (C=O) groups excluding carboxylic acids is 1. The van der Waals surface area contributed by atoms with E-state index in [-0.39, 0.29) is 17.1 Å². The predicted molar refractivity (Wildman–Crippen MR) is 77.5 cm³/mol. The Kier molecular flexibility index (Phi) is 3.06. The van der Waals surface area contributed by atoms with Gasteiger partial charge in [-0.2, -0.15) is 0 Å². The molecule has 0 bridgehead atoms. The zero-order valence-electron chi connectivity index (χ0n) is 11.3. The zero-order valence-corrected chi connectivity index (χ0v) is 11.3. The summed E-state index contributed by atoms with van der Waals surface area (Å²) in [6.07, 6.45) is 1.47. The van der Waals surface area contributed by atoms with Crippen molar-refractivity contribution in [2.45, 2.75) is 6.92 Å². The second-order valence-corrected chi connectivity index (χ2v) is 4.83. The van der Waals surface area contributed by atoms with Crippen molar-refractivity contribution in [3.8, 4) is 5.75 Å². The fraction of sp³-hybridized carbons (Fsp3) is 0.0588. The van der Waals surface area contributed by atoms with Crippen molar-refractivity contribution >= 4 is 17.8 Å². The Hall–Kier alpha value is -2.88. The first kappa shape index (κ1) is 13.1. The molecule has 0 saturated heterocycles. The number of rotatable bonds is 2. The third kappa shape index (κ3) is 2.31. The molecular formula is C17H12O4. The van der Waals surface area contributed by atoms with Crippen molar-refractivity contribution in [1.29, 1.82) is 0 Å². The number of hydrogen-bond donors (Lipinski definition) is 1. The van der Waals surface area contributed by atoms with Crippen LogP contribution in [0.4, 0.5) is 0 Å². The number of carboxylic acid groups (broad SMARTS) is 1. The maximum atomic E-state index is 12.3. The highest BCUT2D eigenvalue weighted by Gasteiger charge is 2.27. The number of ether oxygens (including phenoxy) is 1. The summed E-state index contributed by atoms with van der Waals surface area (Å²) in [6.45, 7) is 1.90. The Bertz CT molecular complexity index is 787. The van der Waals surface area contributed by atoms with E-state index in [1.165, 1.54) is 12.1 Å². The van der Waals surface area contributed by atoms with Crippen molar-refractivity contribution in [1.82, 2.24) is 0 Å². The Morgan fingerprint density at radius 1 is 1.19 bits per heavy atom. The first-order valence-electron chi connectivity index (χ1n) is 6.43. The van der Waals surface area contributed by atoms with E-state index in [9.17, 15) is 9.59 Å². The van der Waals surface area contributed by atoms with E-state index >= 15 is 0 Å². The van der Waals surface area contributed by atoms with Crippen LogP contribution in [0.15, 0.2) is 48.2 Å². The molecule has 2 aromatic rings. The Balaban J connectivity index is 2.04. The minimum absolute atomic E-state index is 0.133. The van der Waals surface area contributed by atoms with Gasteiger partial charge in [-0.3, -0.25) is 4.79 Å². The molecule has 4 heteroatoms. The number of aryl methyl sites for hydroxylation is 1. The molecule has 1 aliphatic rings. The van der Waals surface area contributed by atoms with E-state index in [0.29, 0.717) is 16.9 Å². The lowest BCUT2D eigenvalue weighted by atomic mass is 10.0. The van der Waals surface area contributed by atoms with Crippen LogP contribution in [0.1, 0.15) is 31.8 Å². The Morgan fingerprint density at radius 2 is 1.95 bits per heavy atom. The smallest absolute Gasteiger partial charge is 0.336 e. The van der Waals surface area contributed by atoms with Gasteiger partial charge in [0.05, 0.1) is 11.1 Å². The van der Waals surface area contributed by atoms with Gasteiger partial charge in [0.15, 0.2) is 5.76 Å². The van der Waals surface area contributed by atoms with Crippen LogP contribution in [0.5, 0.6) is 5.75 Å². The van der Waals surface area contributed by atoms with E-state index < -0.39 is 5.97 Å². The summed E-state index contributed by atoms with van der Waals surface area (Å²) < 4.78 is 5.53. The molecule has 104 valence electrons. The second-order valence-electron chi connectivity index (χ2n) is 4.83. The van der Waals surface area contributed by atoms with Gasteiger partial charge in [0, 0.05) is 0 Å². The molecule has 0 spiro atoms. The van der Waals surface area contributed by atoms with Gasteiger partial charge in [0.25, 0.3) is 0 Å². The minimum Gasteiger partial charge on any atom is -0.478 e. The summed E-state index contributed by atoms with van der Waals surface area (Å²) in [6, 6.07) is 11.9. The van der Waals surface area contributed by atoms with Gasteiger partial charge in [-0.25, -0.2) is 4.79 Å². The molecule has 3 rings (SSSR count). The number of carbonyl (C=O) groups is 2. The van der Waals surface area contributed by atoms with Crippen molar-refractivity contribution in [2.24, 2.45) is 0 Å². The van der Waals surface area contributed by atoms with Crippen LogP contribution in [-0.4, -0.2) is 16.9 Å². The van der Waals surface area contributed by atoms with Crippen LogP contribution in [0.2, 0.25) is 0 Å². The van der Waals surface area contributed by atoms with Gasteiger partial charge in [0.2, 0.25) is 5.78 Å². The number of carboxylic acids is 1. The average molecular weight is 280 g/mol. The number of allylic oxidation sites excluding steroid dienone is 1. The molecule has 0 aromatic heterocycles. The highest BCUT2D eigenvalue weighted by Crippen LogP contribution is 2.32. The SMILES string of the molecule is Cc1ccc2c(c1)C(=O)/C(=C/c1ccccc1C(=O)O)O2. The fourth-order valence-corrected chi connectivity index (χ4v) is 2.26. The molecule has 0 aliphatic carbocycles. The topological polar surface area (TPSA) is 63.6 Å². The maximum absolute atomic E-state index is 12.3. The molecule has 4 nitrogen and oxygen atoms in total. The van der Waals surface area contributed by atoms with Gasteiger partial charge in [0.1, 0.15) is 5.75 Å². The van der Waals surface area contributed by atoms with Crippen molar-refractivity contribution < 1.29 is 19.4 Å². The third-order valence-corrected chi connectivity index (χ3v) is 3.30. The van der Waals surface area contributed by atoms with Gasteiger partial charge in [-0.15, -0.1) is 0 Å². The van der Waals surface area contributed by atoms with Crippen molar-refractivity contribution in [3.63, 3.8) is 0 Å². The molecule has 0 atom stereocenters. The fourth-order valence-electron chi connectivity index (χ4n) is 2.26. The summed E-state index contributed by atoms with van der Waals surface area (Å²) in [5.41, 5.74) is 2.05. The summed E-state index contributed by atoms with van der Waals surface area (Å²) in [4.78, 5) is 23.5. The Morgan fingerprint density at radius 3 is 2.71 bits per heavy atom. The van der Waals surface area contributed by atoms with Crippen molar-refractivity contribution in [2.75, 3.05) is 0 Å². The number of fused-ring (bicyclic) bond motifs is 1. The van der Waals surface area contributed by atoms with E-state index in [0.717, 1.165) is 5.56 Å². The molecule has 21 heavy (non-hydrogen) atoms. The minimum atomic E-state index is -1.04. The average Bonchev–Trinajstić information content (AvgIpc) is 2.76. The van der Waals surface area contributed by atoms with Gasteiger partial charge in [-0.05, 0) is 36.8 Å². The summed E-state index contributed by atoms with van der Waals surface area (Å²) in [7, 11) is 0. The lowest BCUT2D eigenvalue weighted by Gasteiger charge is -2.02. The molecule has 0 radical (unpaired) electrons. The van der Waals surface area contributed by atoms with Crippen LogP contribution in [-0.2, 0) is 0 Å². The van der Waals surface area contributed by atoms with E-state index in [1.807, 2.05) is 13.0 Å². The maximum Gasteiger partial charge on any atom is 0.336 e. The predicted octanol–water partition coefficient (Wildman–Crippen LogP) is 3.31. The first-order chi connectivity index (χ1) is 10.1. The normalized spacial score (nSPS) is 14.9. The largest absolute Gasteiger partial charge is 0.478 e. The van der Waals surface area contributed by atoms with Crippen LogP contribution in [0.3, 0.4) is 0 Å². The molecular weight excluding hydrogens is 268 g/mol. The first-order valence-corrected chi connectivity index (χ1v) is 6.43. The van der Waals surface area contributed by atoms with Crippen molar-refractivity contribution in [3.05, 3.63) is 70.5 Å². The van der Waals surface area contributed by atoms with E-state index in [4.69, 9.17) is 9.84 Å². The molecule has 1 N–H and O–H groups in total. The third-order valence-electron chi connectivity index (χ3n) is 3.30. The van der Waals surface area contributed by atoms with Crippen LogP contribution < -0.4 is 4.74 Å². The molecule has 1 aliphatic heterocycles. The highest BCUT2D eigenvalue weighted by molar-refractivity contribution is 6.15. The quantitative estimate of drug-likeness (QED) is 0.857. The van der Waals surface area contributed by atoms with Gasteiger partial charge in [-0.1, -0.05) is 29.8 Å². The highest BCUT2D eigenvalue weighted by atomic mass is 16.5.